The van der Waals surface area contributed by atoms with Crippen molar-refractivity contribution in [1.29, 1.82) is 0 Å². The lowest BCUT2D eigenvalue weighted by atomic mass is 10.3. The molecule has 2 unspecified atom stereocenters. The second-order valence-electron chi connectivity index (χ2n) is 4.38. The Morgan fingerprint density at radius 1 is 1.55 bits per heavy atom. The minimum absolute atomic E-state index is 0.105. The van der Waals surface area contributed by atoms with Crippen molar-refractivity contribution in [3.05, 3.63) is 20.8 Å². The molecule has 110 valence electrons. The van der Waals surface area contributed by atoms with Crippen molar-refractivity contribution in [3.63, 3.8) is 0 Å². The number of amides is 2. The van der Waals surface area contributed by atoms with Crippen LogP contribution in [0.3, 0.4) is 0 Å². The van der Waals surface area contributed by atoms with Crippen LogP contribution in [-0.4, -0.2) is 45.7 Å². The first-order valence-electron chi connectivity index (χ1n) is 6.14. The molecule has 1 aliphatic heterocycles. The summed E-state index contributed by atoms with van der Waals surface area (Å²) in [4.78, 5) is 25.8. The molecule has 1 aromatic rings. The number of carbonyl (C=O) groups excluding carboxylic acids is 1. The Balaban J connectivity index is 1.86. The number of thioether (sulfide) groups is 1. The van der Waals surface area contributed by atoms with Gasteiger partial charge >= 0.3 is 12.0 Å². The molecule has 0 aromatic carbocycles. The zero-order valence-electron chi connectivity index (χ0n) is 10.8. The van der Waals surface area contributed by atoms with Gasteiger partial charge in [-0.15, -0.1) is 23.1 Å². The molecule has 0 saturated carbocycles. The van der Waals surface area contributed by atoms with Crippen LogP contribution in [0.5, 0.6) is 0 Å². The summed E-state index contributed by atoms with van der Waals surface area (Å²) >= 11 is 6.51. The second kappa shape index (κ2) is 6.82. The highest BCUT2D eigenvalue weighted by Gasteiger charge is 2.39. The third-order valence-electron chi connectivity index (χ3n) is 3.02. The van der Waals surface area contributed by atoms with E-state index in [0.717, 1.165) is 10.2 Å². The van der Waals surface area contributed by atoms with E-state index in [1.54, 1.807) is 11.3 Å². The number of carboxylic acids is 1. The molecule has 1 aliphatic rings. The number of carboxylic acid groups (broad SMARTS) is 1. The summed E-state index contributed by atoms with van der Waals surface area (Å²) in [5.41, 5.74) is 0. The van der Waals surface area contributed by atoms with Crippen LogP contribution in [-0.2, 0) is 11.2 Å². The molecule has 1 aromatic heterocycles. The predicted octanol–water partition coefficient (Wildman–Crippen LogP) is 2.61. The SMILES string of the molecule is CC1SCC(C(=O)O)N1C(=O)NCCc1ccc(Br)s1. The predicted molar refractivity (Wildman–Crippen MR) is 84.3 cm³/mol. The number of rotatable bonds is 4. The van der Waals surface area contributed by atoms with Gasteiger partial charge in [0.15, 0.2) is 0 Å². The van der Waals surface area contributed by atoms with Crippen molar-refractivity contribution in [2.24, 2.45) is 0 Å². The number of urea groups is 1. The van der Waals surface area contributed by atoms with Gasteiger partial charge in [-0.25, -0.2) is 9.59 Å². The highest BCUT2D eigenvalue weighted by Crippen LogP contribution is 2.28. The van der Waals surface area contributed by atoms with Gasteiger partial charge in [0.25, 0.3) is 0 Å². The van der Waals surface area contributed by atoms with Crippen molar-refractivity contribution in [2.75, 3.05) is 12.3 Å². The van der Waals surface area contributed by atoms with E-state index in [1.807, 2.05) is 19.1 Å². The van der Waals surface area contributed by atoms with Crippen molar-refractivity contribution in [2.45, 2.75) is 24.8 Å². The Kier molecular flexibility index (Phi) is 5.34. The van der Waals surface area contributed by atoms with Gasteiger partial charge in [0.2, 0.25) is 0 Å². The molecule has 1 saturated heterocycles. The molecule has 2 amide bonds. The summed E-state index contributed by atoms with van der Waals surface area (Å²) < 4.78 is 1.06. The topological polar surface area (TPSA) is 69.6 Å². The molecule has 5 nitrogen and oxygen atoms in total. The van der Waals surface area contributed by atoms with Gasteiger partial charge in [0.1, 0.15) is 6.04 Å². The number of halogens is 1. The van der Waals surface area contributed by atoms with Gasteiger partial charge in [0, 0.05) is 17.2 Å². The smallest absolute Gasteiger partial charge is 0.327 e. The van der Waals surface area contributed by atoms with E-state index < -0.39 is 12.0 Å². The van der Waals surface area contributed by atoms with Crippen LogP contribution >= 0.6 is 39.0 Å². The van der Waals surface area contributed by atoms with Crippen LogP contribution in [0.25, 0.3) is 0 Å². The lowest BCUT2D eigenvalue weighted by Gasteiger charge is -2.25. The van der Waals surface area contributed by atoms with Crippen LogP contribution in [0.15, 0.2) is 15.9 Å². The van der Waals surface area contributed by atoms with Crippen molar-refractivity contribution in [3.8, 4) is 0 Å². The summed E-state index contributed by atoms with van der Waals surface area (Å²) in [7, 11) is 0. The fourth-order valence-electron chi connectivity index (χ4n) is 2.01. The first-order valence-corrected chi connectivity index (χ1v) is 8.79. The molecule has 0 aliphatic carbocycles. The number of hydrogen-bond acceptors (Lipinski definition) is 4. The van der Waals surface area contributed by atoms with E-state index in [0.29, 0.717) is 12.3 Å². The number of aliphatic carboxylic acids is 1. The Morgan fingerprint density at radius 2 is 2.30 bits per heavy atom. The molecule has 8 heteroatoms. The molecular formula is C12H15BrN2O3S2. The van der Waals surface area contributed by atoms with Crippen LogP contribution < -0.4 is 5.32 Å². The molecule has 2 N–H and O–H groups in total. The van der Waals surface area contributed by atoms with Gasteiger partial charge < -0.3 is 10.4 Å². The molecule has 1 fully saturated rings. The fourth-order valence-corrected chi connectivity index (χ4v) is 4.66. The lowest BCUT2D eigenvalue weighted by molar-refractivity contribution is -0.141. The van der Waals surface area contributed by atoms with Crippen LogP contribution in [0.4, 0.5) is 4.79 Å². The van der Waals surface area contributed by atoms with Crippen molar-refractivity contribution in [1.82, 2.24) is 10.2 Å². The third kappa shape index (κ3) is 3.67. The normalized spacial score (nSPS) is 22.0. The Labute approximate surface area is 133 Å². The standard InChI is InChI=1S/C12H15BrN2O3S2/c1-7-15(9(6-19-7)11(16)17)12(18)14-5-4-8-2-3-10(13)20-8/h2-3,7,9H,4-6H2,1H3,(H,14,18)(H,16,17). The maximum Gasteiger partial charge on any atom is 0.327 e. The largest absolute Gasteiger partial charge is 0.480 e. The molecule has 2 rings (SSSR count). The average Bonchev–Trinajstić information content (AvgIpc) is 2.95. The molecule has 0 bridgehead atoms. The van der Waals surface area contributed by atoms with Gasteiger partial charge in [-0.3, -0.25) is 4.90 Å². The Morgan fingerprint density at radius 3 is 2.90 bits per heavy atom. The number of thiophene rings is 1. The number of hydrogen-bond donors (Lipinski definition) is 2. The Hall–Kier alpha value is -0.730. The quantitative estimate of drug-likeness (QED) is 0.844. The van der Waals surface area contributed by atoms with Gasteiger partial charge in [0.05, 0.1) is 9.16 Å². The summed E-state index contributed by atoms with van der Waals surface area (Å²) in [6, 6.07) is 2.95. The van der Waals surface area contributed by atoms with Crippen LogP contribution in [0, 0.1) is 0 Å². The minimum Gasteiger partial charge on any atom is -0.480 e. The monoisotopic (exact) mass is 378 g/mol. The highest BCUT2D eigenvalue weighted by molar-refractivity contribution is 9.11. The van der Waals surface area contributed by atoms with E-state index >= 15 is 0 Å². The van der Waals surface area contributed by atoms with Gasteiger partial charge in [-0.05, 0) is 41.4 Å². The number of nitrogens with one attached hydrogen (secondary N) is 1. The van der Waals surface area contributed by atoms with E-state index in [1.165, 1.54) is 21.5 Å². The third-order valence-corrected chi connectivity index (χ3v) is 5.92. The molecule has 2 heterocycles. The van der Waals surface area contributed by atoms with Crippen LogP contribution in [0.1, 0.15) is 11.8 Å². The molecule has 0 radical (unpaired) electrons. The first-order chi connectivity index (χ1) is 9.49. The summed E-state index contributed by atoms with van der Waals surface area (Å²) in [6.07, 6.45) is 0.745. The fraction of sp³-hybridized carbons (Fsp3) is 0.500. The summed E-state index contributed by atoms with van der Waals surface area (Å²) in [6.45, 7) is 2.36. The molecule has 2 atom stereocenters. The van der Waals surface area contributed by atoms with E-state index in [-0.39, 0.29) is 11.4 Å². The van der Waals surface area contributed by atoms with Crippen LogP contribution in [0.2, 0.25) is 0 Å². The number of carbonyl (C=O) groups is 2. The molecule has 0 spiro atoms. The zero-order chi connectivity index (χ0) is 14.7. The maximum atomic E-state index is 12.1. The lowest BCUT2D eigenvalue weighted by Crippen LogP contribution is -2.49. The van der Waals surface area contributed by atoms with Gasteiger partial charge in [-0.1, -0.05) is 0 Å². The molecular weight excluding hydrogens is 364 g/mol. The highest BCUT2D eigenvalue weighted by atomic mass is 79.9. The van der Waals surface area contributed by atoms with E-state index in [2.05, 4.69) is 21.2 Å². The molecule has 20 heavy (non-hydrogen) atoms. The summed E-state index contributed by atoms with van der Waals surface area (Å²) in [5.74, 6) is -0.499. The van der Waals surface area contributed by atoms with E-state index in [9.17, 15) is 9.59 Å². The van der Waals surface area contributed by atoms with E-state index in [4.69, 9.17) is 5.11 Å². The van der Waals surface area contributed by atoms with Crippen molar-refractivity contribution >= 4 is 51.0 Å². The summed E-state index contributed by atoms with van der Waals surface area (Å²) in [5, 5.41) is 11.8. The second-order valence-corrected chi connectivity index (χ2v) is 8.28. The zero-order valence-corrected chi connectivity index (χ0v) is 14.1. The first kappa shape index (κ1) is 15.7. The maximum absolute atomic E-state index is 12.1. The van der Waals surface area contributed by atoms with Gasteiger partial charge in [-0.2, -0.15) is 0 Å². The number of nitrogens with zero attached hydrogens (tertiary/aromatic N) is 1. The van der Waals surface area contributed by atoms with Crippen molar-refractivity contribution < 1.29 is 14.7 Å². The average molecular weight is 379 g/mol. The Bertz CT molecular complexity index is 509. The minimum atomic E-state index is -0.945.